The molecule has 0 amide bonds. The summed E-state index contributed by atoms with van der Waals surface area (Å²) in [5, 5.41) is 0. The third-order valence-electron chi connectivity index (χ3n) is 1.01. The molecule has 0 aromatic heterocycles. The summed E-state index contributed by atoms with van der Waals surface area (Å²) in [5.41, 5.74) is 0.859. The first kappa shape index (κ1) is 10.0. The molecule has 0 aliphatic heterocycles. The molecule has 0 heterocycles. The van der Waals surface area contributed by atoms with Gasteiger partial charge in [0.15, 0.2) is 0 Å². The Morgan fingerprint density at radius 3 is 2.30 bits per heavy atom. The molecule has 1 aromatic rings. The van der Waals surface area contributed by atoms with Crippen molar-refractivity contribution in [3.05, 3.63) is 39.8 Å². The molecular formula is C8H4CuI. The van der Waals surface area contributed by atoms with E-state index in [1.54, 1.807) is 0 Å². The smallest absolute Gasteiger partial charge is 0.366 e. The Morgan fingerprint density at radius 1 is 1.30 bits per heavy atom. The van der Waals surface area contributed by atoms with Gasteiger partial charge in [-0.3, -0.25) is 5.92 Å². The van der Waals surface area contributed by atoms with Crippen molar-refractivity contribution < 1.29 is 17.1 Å². The quantitative estimate of drug-likeness (QED) is 0.297. The van der Waals surface area contributed by atoms with Gasteiger partial charge in [0.2, 0.25) is 0 Å². The molecule has 0 N–H and O–H groups in total. The molecule has 0 saturated heterocycles. The Hall–Kier alpha value is 0.0295. The van der Waals surface area contributed by atoms with Gasteiger partial charge in [-0.2, -0.15) is 0 Å². The van der Waals surface area contributed by atoms with Crippen LogP contribution in [0, 0.1) is 15.9 Å². The Balaban J connectivity index is 0.000000810. The van der Waals surface area contributed by atoms with Gasteiger partial charge < -0.3 is 6.42 Å². The van der Waals surface area contributed by atoms with Gasteiger partial charge in [0.1, 0.15) is 0 Å². The molecule has 2 heteroatoms. The molecule has 0 spiro atoms. The van der Waals surface area contributed by atoms with Crippen molar-refractivity contribution in [2.24, 2.45) is 0 Å². The second kappa shape index (κ2) is 4.79. The van der Waals surface area contributed by atoms with Crippen LogP contribution in [0.1, 0.15) is 5.56 Å². The fourth-order valence-electron chi connectivity index (χ4n) is 0.563. The summed E-state index contributed by atoms with van der Waals surface area (Å²) in [6, 6.07) is 7.67. The van der Waals surface area contributed by atoms with E-state index in [0.29, 0.717) is 0 Å². The van der Waals surface area contributed by atoms with Crippen LogP contribution in [0.3, 0.4) is 0 Å². The van der Waals surface area contributed by atoms with Crippen LogP contribution in [-0.2, 0) is 17.1 Å². The van der Waals surface area contributed by atoms with Crippen molar-refractivity contribution in [1.29, 1.82) is 0 Å². The summed E-state index contributed by atoms with van der Waals surface area (Å²) in [5.74, 6) is 2.34. The number of halogens is 1. The van der Waals surface area contributed by atoms with Crippen LogP contribution in [0.25, 0.3) is 0 Å². The molecule has 0 bridgehead atoms. The summed E-state index contributed by atoms with van der Waals surface area (Å²) in [6.45, 7) is 0. The van der Waals surface area contributed by atoms with Gasteiger partial charge in [0.05, 0.1) is 0 Å². The van der Waals surface area contributed by atoms with Gasteiger partial charge in [-0.1, -0.05) is 44.4 Å². The molecule has 0 radical (unpaired) electrons. The zero-order valence-electron chi connectivity index (χ0n) is 4.99. The van der Waals surface area contributed by atoms with E-state index < -0.39 is 0 Å². The summed E-state index contributed by atoms with van der Waals surface area (Å²) >= 11 is 2.18. The second-order valence-corrected chi connectivity index (χ2v) is 2.77. The van der Waals surface area contributed by atoms with Crippen LogP contribution in [0.4, 0.5) is 0 Å². The SMILES string of the molecule is [C-]#Cc1ccccc1I.[Cu+]. The number of benzene rings is 1. The standard InChI is InChI=1S/C8H4I.Cu/c1-2-7-5-3-4-6-8(7)9;/h3-6H;/q-1;+1. The Labute approximate surface area is 85.0 Å². The van der Waals surface area contributed by atoms with E-state index in [1.165, 1.54) is 0 Å². The van der Waals surface area contributed by atoms with Crippen LogP contribution >= 0.6 is 22.6 Å². The van der Waals surface area contributed by atoms with E-state index >= 15 is 0 Å². The summed E-state index contributed by atoms with van der Waals surface area (Å²) in [7, 11) is 0. The van der Waals surface area contributed by atoms with E-state index in [9.17, 15) is 0 Å². The third kappa shape index (κ3) is 2.34. The van der Waals surface area contributed by atoms with E-state index in [1.807, 2.05) is 24.3 Å². The fraction of sp³-hybridized carbons (Fsp3) is 0. The maximum Gasteiger partial charge on any atom is 1.00 e. The molecule has 10 heavy (non-hydrogen) atoms. The van der Waals surface area contributed by atoms with Crippen molar-refractivity contribution in [2.45, 2.75) is 0 Å². The molecular weight excluding hydrogens is 287 g/mol. The molecule has 54 valence electrons. The Morgan fingerprint density at radius 2 is 1.90 bits per heavy atom. The van der Waals surface area contributed by atoms with Crippen molar-refractivity contribution in [3.63, 3.8) is 0 Å². The summed E-state index contributed by atoms with van der Waals surface area (Å²) in [4.78, 5) is 0. The topological polar surface area (TPSA) is 0 Å². The van der Waals surface area contributed by atoms with E-state index in [4.69, 9.17) is 6.42 Å². The van der Waals surface area contributed by atoms with Gasteiger partial charge in [-0.15, -0.1) is 11.6 Å². The van der Waals surface area contributed by atoms with Crippen LogP contribution in [0.5, 0.6) is 0 Å². The van der Waals surface area contributed by atoms with Gasteiger partial charge in [0, 0.05) is 0 Å². The van der Waals surface area contributed by atoms with E-state index in [2.05, 4.69) is 28.5 Å². The summed E-state index contributed by atoms with van der Waals surface area (Å²) in [6.07, 6.45) is 6.83. The fourth-order valence-corrected chi connectivity index (χ4v) is 1.08. The molecule has 0 nitrogen and oxygen atoms in total. The van der Waals surface area contributed by atoms with Crippen LogP contribution < -0.4 is 0 Å². The molecule has 0 aliphatic carbocycles. The largest absolute Gasteiger partial charge is 1.00 e. The monoisotopic (exact) mass is 290 g/mol. The average molecular weight is 291 g/mol. The molecule has 1 aromatic carbocycles. The first-order valence-corrected chi connectivity index (χ1v) is 3.60. The maximum atomic E-state index is 6.83. The molecule has 0 unspecified atom stereocenters. The third-order valence-corrected chi connectivity index (χ3v) is 1.95. The van der Waals surface area contributed by atoms with Crippen LogP contribution in [0.15, 0.2) is 24.3 Å². The molecule has 0 aliphatic rings. The van der Waals surface area contributed by atoms with Crippen molar-refractivity contribution in [3.8, 4) is 5.92 Å². The zero-order chi connectivity index (χ0) is 6.69. The minimum absolute atomic E-state index is 0. The van der Waals surface area contributed by atoms with Gasteiger partial charge >= 0.3 is 17.1 Å². The number of rotatable bonds is 0. The molecule has 0 fully saturated rings. The number of hydrogen-bond acceptors (Lipinski definition) is 0. The Bertz CT molecular complexity index is 250. The maximum absolute atomic E-state index is 6.83. The molecule has 0 saturated carbocycles. The minimum Gasteiger partial charge on any atom is -0.366 e. The average Bonchev–Trinajstić information content (AvgIpc) is 1.89. The predicted molar refractivity (Wildman–Crippen MR) is 45.4 cm³/mol. The van der Waals surface area contributed by atoms with Crippen molar-refractivity contribution in [1.82, 2.24) is 0 Å². The predicted octanol–water partition coefficient (Wildman–Crippen LogP) is 2.23. The van der Waals surface area contributed by atoms with Crippen molar-refractivity contribution in [2.75, 3.05) is 0 Å². The molecule has 0 atom stereocenters. The molecule has 1 rings (SSSR count). The van der Waals surface area contributed by atoms with Crippen LogP contribution in [-0.4, -0.2) is 0 Å². The van der Waals surface area contributed by atoms with Gasteiger partial charge in [-0.25, -0.2) is 0 Å². The first-order valence-electron chi connectivity index (χ1n) is 2.52. The van der Waals surface area contributed by atoms with E-state index in [0.717, 1.165) is 9.13 Å². The van der Waals surface area contributed by atoms with Crippen LogP contribution in [0.2, 0.25) is 0 Å². The first-order chi connectivity index (χ1) is 4.34. The minimum atomic E-state index is 0. The van der Waals surface area contributed by atoms with E-state index in [-0.39, 0.29) is 17.1 Å². The second-order valence-electron chi connectivity index (χ2n) is 1.60. The number of hydrogen-bond donors (Lipinski definition) is 0. The zero-order valence-corrected chi connectivity index (χ0v) is 8.09. The van der Waals surface area contributed by atoms with Crippen molar-refractivity contribution >= 4 is 22.6 Å². The van der Waals surface area contributed by atoms with Gasteiger partial charge in [-0.05, 0) is 0 Å². The normalized spacial score (nSPS) is 7.60. The Kier molecular flexibility index (Phi) is 4.80. The summed E-state index contributed by atoms with van der Waals surface area (Å²) < 4.78 is 1.07. The van der Waals surface area contributed by atoms with Gasteiger partial charge in [0.25, 0.3) is 0 Å².